The Labute approximate surface area is 179 Å². The molecule has 0 atom stereocenters. The van der Waals surface area contributed by atoms with Gasteiger partial charge in [-0.15, -0.1) is 0 Å². The largest absolute Gasteiger partial charge is 0.419 e. The molecule has 0 radical (unpaired) electrons. The van der Waals surface area contributed by atoms with Crippen LogP contribution in [0.15, 0.2) is 62.6 Å². The zero-order chi connectivity index (χ0) is 22.0. The van der Waals surface area contributed by atoms with Gasteiger partial charge >= 0.3 is 5.76 Å². The molecule has 2 aromatic carbocycles. The van der Waals surface area contributed by atoms with Crippen LogP contribution in [-0.2, 0) is 21.4 Å². The number of fused-ring (bicyclic) bond motifs is 1. The van der Waals surface area contributed by atoms with Gasteiger partial charge in [-0.2, -0.15) is 4.31 Å². The number of sulfonamides is 1. The Hall–Kier alpha value is -2.95. The molecular weight excluding hydrogens is 420 g/mol. The van der Waals surface area contributed by atoms with Gasteiger partial charge < -0.3 is 14.6 Å². The van der Waals surface area contributed by atoms with E-state index in [-0.39, 0.29) is 23.8 Å². The number of para-hydroxylation sites is 2. The zero-order valence-corrected chi connectivity index (χ0v) is 18.0. The quantitative estimate of drug-likeness (QED) is 0.619. The summed E-state index contributed by atoms with van der Waals surface area (Å²) in [6.45, 7) is 2.49. The molecule has 3 aromatic rings. The molecule has 1 aliphatic rings. The smallest absolute Gasteiger partial charge is 0.408 e. The van der Waals surface area contributed by atoms with Crippen LogP contribution in [0.1, 0.15) is 6.42 Å². The first kappa shape index (κ1) is 21.3. The van der Waals surface area contributed by atoms with Crippen LogP contribution in [0, 0.1) is 0 Å². The molecule has 4 rings (SSSR count). The molecule has 10 heteroatoms. The summed E-state index contributed by atoms with van der Waals surface area (Å²) in [6.07, 6.45) is 0.0742. The second-order valence-corrected chi connectivity index (χ2v) is 9.46. The van der Waals surface area contributed by atoms with Crippen molar-refractivity contribution in [1.29, 1.82) is 0 Å². The Morgan fingerprint density at radius 2 is 1.71 bits per heavy atom. The molecule has 1 aromatic heterocycles. The molecule has 1 N–H and O–H groups in total. The van der Waals surface area contributed by atoms with Crippen molar-refractivity contribution in [2.45, 2.75) is 17.9 Å². The maximum atomic E-state index is 12.8. The van der Waals surface area contributed by atoms with Gasteiger partial charge in [0.25, 0.3) is 0 Å². The number of anilines is 1. The first-order valence-corrected chi connectivity index (χ1v) is 11.5. The fourth-order valence-corrected chi connectivity index (χ4v) is 4.97. The lowest BCUT2D eigenvalue weighted by molar-refractivity contribution is -0.116. The van der Waals surface area contributed by atoms with E-state index in [9.17, 15) is 18.0 Å². The number of nitrogens with zero attached hydrogens (tertiary/aromatic N) is 3. The number of piperazine rings is 1. The number of carbonyl (C=O) groups is 1. The lowest BCUT2D eigenvalue weighted by Crippen LogP contribution is -2.46. The average Bonchev–Trinajstić information content (AvgIpc) is 3.08. The fourth-order valence-electron chi connectivity index (χ4n) is 3.55. The van der Waals surface area contributed by atoms with E-state index in [4.69, 9.17) is 4.42 Å². The highest BCUT2D eigenvalue weighted by Crippen LogP contribution is 2.20. The van der Waals surface area contributed by atoms with Gasteiger partial charge in [0, 0.05) is 44.8 Å². The van der Waals surface area contributed by atoms with Gasteiger partial charge in [-0.3, -0.25) is 9.36 Å². The molecule has 1 aliphatic heterocycles. The van der Waals surface area contributed by atoms with Crippen LogP contribution < -0.4 is 11.1 Å². The van der Waals surface area contributed by atoms with Crippen molar-refractivity contribution in [2.75, 3.05) is 38.5 Å². The number of benzene rings is 2. The van der Waals surface area contributed by atoms with Gasteiger partial charge in [-0.25, -0.2) is 13.2 Å². The zero-order valence-electron chi connectivity index (χ0n) is 17.2. The van der Waals surface area contributed by atoms with Crippen molar-refractivity contribution in [1.82, 2.24) is 13.8 Å². The molecule has 164 valence electrons. The Balaban J connectivity index is 1.38. The van der Waals surface area contributed by atoms with E-state index < -0.39 is 15.8 Å². The number of likely N-dealkylation sites (N-methyl/N-ethyl adjacent to an activating group) is 1. The highest BCUT2D eigenvalue weighted by molar-refractivity contribution is 7.89. The third kappa shape index (κ3) is 4.55. The summed E-state index contributed by atoms with van der Waals surface area (Å²) in [6, 6.07) is 13.2. The maximum Gasteiger partial charge on any atom is 0.419 e. The highest BCUT2D eigenvalue weighted by atomic mass is 32.2. The Kier molecular flexibility index (Phi) is 5.94. The van der Waals surface area contributed by atoms with Crippen LogP contribution in [0.2, 0.25) is 0 Å². The summed E-state index contributed by atoms with van der Waals surface area (Å²) < 4.78 is 33.6. The summed E-state index contributed by atoms with van der Waals surface area (Å²) in [4.78, 5) is 26.6. The first-order valence-electron chi connectivity index (χ1n) is 10.0. The molecule has 0 spiro atoms. The average molecular weight is 445 g/mol. The standard InChI is InChI=1S/C21H24N4O5S/c1-23-12-14-24(15-13-23)31(28,29)17-8-6-16(7-9-17)22-20(26)10-11-25-18-4-2-3-5-19(18)30-21(25)27/h2-9H,10-15H2,1H3,(H,22,26). The summed E-state index contributed by atoms with van der Waals surface area (Å²) in [5.41, 5.74) is 1.61. The maximum absolute atomic E-state index is 12.8. The van der Waals surface area contributed by atoms with E-state index in [2.05, 4.69) is 10.2 Å². The SMILES string of the molecule is CN1CCN(S(=O)(=O)c2ccc(NC(=O)CCn3c(=O)oc4ccccc43)cc2)CC1. The van der Waals surface area contributed by atoms with Crippen molar-refractivity contribution in [3.63, 3.8) is 0 Å². The van der Waals surface area contributed by atoms with Crippen molar-refractivity contribution in [2.24, 2.45) is 0 Å². The van der Waals surface area contributed by atoms with Gasteiger partial charge in [-0.1, -0.05) is 12.1 Å². The van der Waals surface area contributed by atoms with Crippen LogP contribution in [0.5, 0.6) is 0 Å². The number of hydrogen-bond donors (Lipinski definition) is 1. The molecule has 2 heterocycles. The molecule has 0 bridgehead atoms. The second-order valence-electron chi connectivity index (χ2n) is 7.52. The van der Waals surface area contributed by atoms with E-state index in [1.54, 1.807) is 36.4 Å². The normalized spacial score (nSPS) is 15.9. The van der Waals surface area contributed by atoms with E-state index in [1.807, 2.05) is 7.05 Å². The predicted octanol–water partition coefficient (Wildman–Crippen LogP) is 1.56. The van der Waals surface area contributed by atoms with Crippen LogP contribution >= 0.6 is 0 Å². The summed E-state index contributed by atoms with van der Waals surface area (Å²) >= 11 is 0. The van der Waals surface area contributed by atoms with Gasteiger partial charge in [-0.05, 0) is 43.4 Å². The van der Waals surface area contributed by atoms with Gasteiger partial charge in [0.2, 0.25) is 15.9 Å². The monoisotopic (exact) mass is 444 g/mol. The minimum atomic E-state index is -3.55. The first-order chi connectivity index (χ1) is 14.8. The van der Waals surface area contributed by atoms with E-state index in [0.29, 0.717) is 43.0 Å². The van der Waals surface area contributed by atoms with Crippen LogP contribution in [0.25, 0.3) is 11.1 Å². The van der Waals surface area contributed by atoms with Crippen molar-refractivity contribution in [3.8, 4) is 0 Å². The third-order valence-corrected chi connectivity index (χ3v) is 7.29. The summed E-state index contributed by atoms with van der Waals surface area (Å²) in [5, 5.41) is 2.74. The van der Waals surface area contributed by atoms with Crippen LogP contribution in [0.4, 0.5) is 5.69 Å². The van der Waals surface area contributed by atoms with E-state index in [0.717, 1.165) is 0 Å². The van der Waals surface area contributed by atoms with Crippen LogP contribution in [0.3, 0.4) is 0 Å². The lowest BCUT2D eigenvalue weighted by Gasteiger charge is -2.31. The number of rotatable bonds is 6. The topological polar surface area (TPSA) is 105 Å². The number of aromatic nitrogens is 1. The molecule has 0 unspecified atom stereocenters. The molecule has 31 heavy (non-hydrogen) atoms. The fraction of sp³-hybridized carbons (Fsp3) is 0.333. The number of amides is 1. The molecule has 9 nitrogen and oxygen atoms in total. The predicted molar refractivity (Wildman–Crippen MR) is 116 cm³/mol. The van der Waals surface area contributed by atoms with Crippen LogP contribution in [-0.4, -0.2) is 61.3 Å². The number of oxazole rings is 1. The molecule has 1 saturated heterocycles. The summed E-state index contributed by atoms with van der Waals surface area (Å²) in [7, 11) is -1.59. The lowest BCUT2D eigenvalue weighted by atomic mass is 10.3. The second kappa shape index (κ2) is 8.66. The number of nitrogens with one attached hydrogen (secondary N) is 1. The van der Waals surface area contributed by atoms with Crippen molar-refractivity contribution >= 4 is 32.7 Å². The number of aryl methyl sites for hydroxylation is 1. The highest BCUT2D eigenvalue weighted by Gasteiger charge is 2.27. The Bertz CT molecular complexity index is 1240. The summed E-state index contributed by atoms with van der Waals surface area (Å²) in [5.74, 6) is -0.792. The van der Waals surface area contributed by atoms with E-state index >= 15 is 0 Å². The third-order valence-electron chi connectivity index (χ3n) is 5.37. The molecule has 0 saturated carbocycles. The van der Waals surface area contributed by atoms with Crippen molar-refractivity contribution in [3.05, 3.63) is 59.1 Å². The van der Waals surface area contributed by atoms with E-state index in [1.165, 1.54) is 21.0 Å². The number of hydrogen-bond acceptors (Lipinski definition) is 6. The minimum Gasteiger partial charge on any atom is -0.408 e. The molecule has 1 fully saturated rings. The van der Waals surface area contributed by atoms with Gasteiger partial charge in [0.05, 0.1) is 10.4 Å². The minimum absolute atomic E-state index is 0.0742. The molecule has 0 aliphatic carbocycles. The Morgan fingerprint density at radius 3 is 2.42 bits per heavy atom. The van der Waals surface area contributed by atoms with Gasteiger partial charge in [0.15, 0.2) is 5.58 Å². The Morgan fingerprint density at radius 1 is 1.03 bits per heavy atom. The molecular formula is C21H24N4O5S. The number of carbonyl (C=O) groups excluding carboxylic acids is 1. The van der Waals surface area contributed by atoms with Crippen molar-refractivity contribution < 1.29 is 17.6 Å². The molecule has 1 amide bonds. The van der Waals surface area contributed by atoms with Gasteiger partial charge in [0.1, 0.15) is 0 Å².